The second-order valence-corrected chi connectivity index (χ2v) is 12.2. The quantitative estimate of drug-likeness (QED) is 0.675. The minimum absolute atomic E-state index is 0.105. The SMILES string of the molecule is CC[C@]12CCC3c4cc(OC)c(OS(N)(=O)=O)cc4CCC3C1CCC[C@@H]2S(N)(=O)=O. The third-order valence-corrected chi connectivity index (χ3v) is 10.1. The van der Waals surface area contributed by atoms with Crippen molar-refractivity contribution in [3.63, 3.8) is 0 Å². The van der Waals surface area contributed by atoms with Gasteiger partial charge >= 0.3 is 10.3 Å². The van der Waals surface area contributed by atoms with Crippen molar-refractivity contribution >= 4 is 20.3 Å². The van der Waals surface area contributed by atoms with Gasteiger partial charge in [-0.1, -0.05) is 13.3 Å². The largest absolute Gasteiger partial charge is 0.493 e. The van der Waals surface area contributed by atoms with Crippen LogP contribution in [0, 0.1) is 17.3 Å². The Bertz CT molecular complexity index is 1070. The second-order valence-electron chi connectivity index (χ2n) is 9.33. The number of methoxy groups -OCH3 is 1. The molecule has 1 aromatic carbocycles. The van der Waals surface area contributed by atoms with Crippen molar-refractivity contribution in [3.05, 3.63) is 23.3 Å². The summed E-state index contributed by atoms with van der Waals surface area (Å²) in [5.41, 5.74) is 1.94. The maximum Gasteiger partial charge on any atom is 0.380 e. The Morgan fingerprint density at radius 3 is 2.42 bits per heavy atom. The van der Waals surface area contributed by atoms with Crippen LogP contribution in [-0.2, 0) is 26.7 Å². The van der Waals surface area contributed by atoms with Crippen LogP contribution < -0.4 is 19.2 Å². The average molecular weight is 473 g/mol. The van der Waals surface area contributed by atoms with Crippen LogP contribution in [0.15, 0.2) is 12.1 Å². The van der Waals surface area contributed by atoms with E-state index in [4.69, 9.17) is 19.2 Å². The number of nitrogens with two attached hydrogens (primary N) is 2. The van der Waals surface area contributed by atoms with Gasteiger partial charge in [-0.05, 0) is 91.4 Å². The van der Waals surface area contributed by atoms with Crippen molar-refractivity contribution in [2.75, 3.05) is 7.11 Å². The standard InChI is InChI=1S/C21H32N2O6S2/c1-3-21-10-9-14-15(17(21)5-4-6-20(21)30(22,24)25)8-7-13-11-19(29-31(23,26)27)18(28-2)12-16(13)14/h11-12,14-15,17,20H,3-10H2,1-2H3,(H2,22,24,25)(H2,23,26,27)/t14?,15?,17?,20-,21-/m0/s1. The normalized spacial score (nSPS) is 33.0. The predicted octanol–water partition coefficient (Wildman–Crippen LogP) is 2.57. The fraction of sp³-hybridized carbons (Fsp3) is 0.714. The first-order chi connectivity index (χ1) is 14.5. The van der Waals surface area contributed by atoms with Gasteiger partial charge in [-0.15, -0.1) is 0 Å². The van der Waals surface area contributed by atoms with Crippen LogP contribution in [0.5, 0.6) is 11.5 Å². The summed E-state index contributed by atoms with van der Waals surface area (Å²) in [5.74, 6) is 1.41. The lowest BCUT2D eigenvalue weighted by atomic mass is 9.49. The van der Waals surface area contributed by atoms with Gasteiger partial charge in [0.1, 0.15) is 0 Å². The summed E-state index contributed by atoms with van der Waals surface area (Å²) in [4.78, 5) is 0. The molecule has 0 spiro atoms. The first-order valence-electron chi connectivity index (χ1n) is 10.9. The Hall–Kier alpha value is -1.36. The first-order valence-corrected chi connectivity index (χ1v) is 14.0. The Kier molecular flexibility index (Phi) is 5.81. The van der Waals surface area contributed by atoms with E-state index in [9.17, 15) is 16.8 Å². The summed E-state index contributed by atoms with van der Waals surface area (Å²) in [5, 5.41) is 10.3. The minimum Gasteiger partial charge on any atom is -0.493 e. The lowest BCUT2D eigenvalue weighted by Crippen LogP contribution is -2.56. The molecule has 3 unspecified atom stereocenters. The van der Waals surface area contributed by atoms with Gasteiger partial charge in [0.2, 0.25) is 10.0 Å². The number of primary sulfonamides is 1. The molecule has 0 amide bonds. The van der Waals surface area contributed by atoms with Crippen LogP contribution in [0.4, 0.5) is 0 Å². The number of hydrogen-bond acceptors (Lipinski definition) is 6. The molecule has 5 atom stereocenters. The van der Waals surface area contributed by atoms with Crippen LogP contribution in [-0.4, -0.2) is 29.2 Å². The molecule has 31 heavy (non-hydrogen) atoms. The van der Waals surface area contributed by atoms with E-state index in [1.165, 1.54) is 7.11 Å². The van der Waals surface area contributed by atoms with Crippen molar-refractivity contribution in [1.82, 2.24) is 0 Å². The third-order valence-electron chi connectivity index (χ3n) is 8.15. The lowest BCUT2D eigenvalue weighted by molar-refractivity contribution is -0.0181. The highest BCUT2D eigenvalue weighted by atomic mass is 32.2. The smallest absolute Gasteiger partial charge is 0.380 e. The molecule has 0 heterocycles. The molecule has 4 rings (SSSR count). The van der Waals surface area contributed by atoms with E-state index in [-0.39, 0.29) is 17.1 Å². The van der Waals surface area contributed by atoms with Gasteiger partial charge in [-0.2, -0.15) is 13.6 Å². The van der Waals surface area contributed by atoms with Gasteiger partial charge in [0.05, 0.1) is 12.4 Å². The molecule has 0 aliphatic heterocycles. The van der Waals surface area contributed by atoms with E-state index in [1.807, 2.05) is 6.07 Å². The second kappa shape index (κ2) is 7.90. The number of hydrogen-bond donors (Lipinski definition) is 2. The molecule has 1 aromatic rings. The van der Waals surface area contributed by atoms with Crippen molar-refractivity contribution < 1.29 is 25.8 Å². The summed E-state index contributed by atoms with van der Waals surface area (Å²) < 4.78 is 58.2. The Morgan fingerprint density at radius 2 is 1.81 bits per heavy atom. The molecule has 2 saturated carbocycles. The monoisotopic (exact) mass is 472 g/mol. The molecule has 3 aliphatic rings. The predicted molar refractivity (Wildman–Crippen MR) is 117 cm³/mol. The highest BCUT2D eigenvalue weighted by Crippen LogP contribution is 2.62. The first kappa shape index (κ1) is 22.8. The summed E-state index contributed by atoms with van der Waals surface area (Å²) in [6, 6.07) is 3.61. The van der Waals surface area contributed by atoms with Crippen LogP contribution in [0.1, 0.15) is 68.9 Å². The molecule has 0 aromatic heterocycles. The Balaban J connectivity index is 1.73. The summed E-state index contributed by atoms with van der Waals surface area (Å²) >= 11 is 0. The van der Waals surface area contributed by atoms with E-state index >= 15 is 0 Å². The molecule has 10 heteroatoms. The summed E-state index contributed by atoms with van der Waals surface area (Å²) in [6.07, 6.45) is 6.80. The zero-order valence-corrected chi connectivity index (χ0v) is 19.7. The van der Waals surface area contributed by atoms with Crippen LogP contribution in [0.25, 0.3) is 0 Å². The Labute approximate surface area is 185 Å². The van der Waals surface area contributed by atoms with E-state index in [0.29, 0.717) is 24.0 Å². The average Bonchev–Trinajstić information content (AvgIpc) is 2.70. The van der Waals surface area contributed by atoms with Crippen LogP contribution >= 0.6 is 0 Å². The molecule has 8 nitrogen and oxygen atoms in total. The zero-order valence-electron chi connectivity index (χ0n) is 18.0. The van der Waals surface area contributed by atoms with Gasteiger partial charge in [0, 0.05) is 0 Å². The van der Waals surface area contributed by atoms with Crippen LogP contribution in [0.2, 0.25) is 0 Å². The molecule has 3 aliphatic carbocycles. The topological polar surface area (TPSA) is 139 Å². The van der Waals surface area contributed by atoms with Crippen LogP contribution in [0.3, 0.4) is 0 Å². The fourth-order valence-electron chi connectivity index (χ4n) is 7.04. The molecular weight excluding hydrogens is 440 g/mol. The number of benzene rings is 1. The van der Waals surface area contributed by atoms with Gasteiger partial charge in [0.15, 0.2) is 11.5 Å². The molecule has 174 valence electrons. The molecule has 2 fully saturated rings. The van der Waals surface area contributed by atoms with Crippen molar-refractivity contribution in [1.29, 1.82) is 0 Å². The fourth-order valence-corrected chi connectivity index (χ4v) is 9.03. The number of aryl methyl sites for hydroxylation is 1. The highest BCUT2D eigenvalue weighted by Gasteiger charge is 2.57. The molecule has 0 saturated heterocycles. The van der Waals surface area contributed by atoms with E-state index in [2.05, 4.69) is 6.92 Å². The van der Waals surface area contributed by atoms with Gasteiger partial charge in [-0.25, -0.2) is 13.6 Å². The third kappa shape index (κ3) is 3.96. The van der Waals surface area contributed by atoms with Crippen molar-refractivity contribution in [2.24, 2.45) is 27.5 Å². The van der Waals surface area contributed by atoms with E-state index in [1.54, 1.807) is 6.07 Å². The minimum atomic E-state index is -4.16. The van der Waals surface area contributed by atoms with Crippen molar-refractivity contribution in [2.45, 2.75) is 69.5 Å². The highest BCUT2D eigenvalue weighted by molar-refractivity contribution is 7.89. The maximum atomic E-state index is 12.5. The zero-order chi connectivity index (χ0) is 22.6. The molecule has 0 radical (unpaired) electrons. The van der Waals surface area contributed by atoms with Crippen molar-refractivity contribution in [3.8, 4) is 11.5 Å². The molecule has 4 N–H and O–H groups in total. The van der Waals surface area contributed by atoms with Gasteiger partial charge in [-0.3, -0.25) is 0 Å². The molecule has 0 bridgehead atoms. The number of sulfonamides is 1. The van der Waals surface area contributed by atoms with Gasteiger partial charge in [0.25, 0.3) is 0 Å². The van der Waals surface area contributed by atoms with E-state index in [0.717, 1.165) is 56.1 Å². The Morgan fingerprint density at radius 1 is 1.06 bits per heavy atom. The van der Waals surface area contributed by atoms with Gasteiger partial charge < -0.3 is 8.92 Å². The number of fused-ring (bicyclic) bond motifs is 5. The number of ether oxygens (including phenoxy) is 1. The lowest BCUT2D eigenvalue weighted by Gasteiger charge is -2.58. The number of rotatable bonds is 5. The summed E-state index contributed by atoms with van der Waals surface area (Å²) in [7, 11) is -6.29. The van der Waals surface area contributed by atoms with E-state index < -0.39 is 25.6 Å². The maximum absolute atomic E-state index is 12.5. The molecular formula is C21H32N2O6S2. The summed E-state index contributed by atoms with van der Waals surface area (Å²) in [6.45, 7) is 2.10.